The van der Waals surface area contributed by atoms with Crippen molar-refractivity contribution in [3.8, 4) is 28.3 Å². The average molecular weight is 426 g/mol. The average Bonchev–Trinajstić information content (AvgIpc) is 3.32. The fourth-order valence-corrected chi connectivity index (χ4v) is 5.04. The summed E-state index contributed by atoms with van der Waals surface area (Å²) >= 11 is 0. The van der Waals surface area contributed by atoms with E-state index in [4.69, 9.17) is 0 Å². The number of aromatic nitrogens is 5. The summed E-state index contributed by atoms with van der Waals surface area (Å²) in [6.07, 6.45) is 8.41. The van der Waals surface area contributed by atoms with Crippen molar-refractivity contribution in [3.63, 3.8) is 0 Å². The molecule has 5 rings (SSSR count). The Hall–Kier alpha value is -3.10. The number of phenolic OH excluding ortho intramolecular Hbond substituents is 1. The number of halogens is 2. The third-order valence-corrected chi connectivity index (χ3v) is 6.78. The van der Waals surface area contributed by atoms with Crippen molar-refractivity contribution in [1.82, 2.24) is 25.4 Å². The summed E-state index contributed by atoms with van der Waals surface area (Å²) in [6.45, 7) is 0. The van der Waals surface area contributed by atoms with E-state index in [0.717, 1.165) is 24.0 Å². The third-order valence-electron chi connectivity index (χ3n) is 6.78. The van der Waals surface area contributed by atoms with E-state index in [1.54, 1.807) is 31.6 Å². The number of aromatic hydroxyl groups is 1. The molecule has 9 heteroatoms. The first-order valence-corrected chi connectivity index (χ1v) is 10.6. The maximum absolute atomic E-state index is 15.1. The molecule has 162 valence electrons. The first kappa shape index (κ1) is 19.8. The van der Waals surface area contributed by atoms with Gasteiger partial charge in [-0.25, -0.2) is 13.8 Å². The highest BCUT2D eigenvalue weighted by molar-refractivity contribution is 5.72. The quantitative estimate of drug-likeness (QED) is 0.647. The second-order valence-electron chi connectivity index (χ2n) is 8.63. The van der Waals surface area contributed by atoms with Gasteiger partial charge in [-0.2, -0.15) is 5.10 Å². The predicted molar refractivity (Wildman–Crippen MR) is 112 cm³/mol. The molecule has 3 atom stereocenters. The molecule has 0 saturated heterocycles. The topological polar surface area (TPSA) is 90.8 Å². The van der Waals surface area contributed by atoms with E-state index in [2.05, 4.69) is 25.4 Å². The van der Waals surface area contributed by atoms with E-state index in [1.807, 2.05) is 6.07 Å². The molecule has 2 aliphatic carbocycles. The number of aromatic amines is 1. The molecule has 3 aromatic rings. The maximum atomic E-state index is 15.1. The van der Waals surface area contributed by atoms with E-state index in [-0.39, 0.29) is 11.6 Å². The lowest BCUT2D eigenvalue weighted by Crippen LogP contribution is -2.56. The number of nitrogens with one attached hydrogen (secondary N) is 1. The molecule has 2 bridgehead atoms. The monoisotopic (exact) mass is 426 g/mol. The number of anilines is 1. The van der Waals surface area contributed by atoms with E-state index in [9.17, 15) is 5.11 Å². The number of benzene rings is 1. The number of fused-ring (bicyclic) bond motifs is 2. The van der Waals surface area contributed by atoms with Crippen LogP contribution in [-0.2, 0) is 0 Å². The SMILES string of the molecule is CN(c1cnc(-c2ccc(-c3cn[nH]c3)cc2O)nn1)[C@@H]1C[C@H]2CCC[C@@H](C2)C1(F)F. The molecule has 2 aromatic heterocycles. The van der Waals surface area contributed by atoms with E-state index in [0.29, 0.717) is 36.6 Å². The van der Waals surface area contributed by atoms with Gasteiger partial charge in [0.25, 0.3) is 5.92 Å². The predicted octanol–water partition coefficient (Wildman–Crippen LogP) is 4.28. The van der Waals surface area contributed by atoms with Gasteiger partial charge in [-0.05, 0) is 42.9 Å². The van der Waals surface area contributed by atoms with Crippen molar-refractivity contribution >= 4 is 5.82 Å². The zero-order valence-corrected chi connectivity index (χ0v) is 17.2. The number of phenols is 1. The highest BCUT2D eigenvalue weighted by Gasteiger charge is 2.54. The van der Waals surface area contributed by atoms with Crippen molar-refractivity contribution in [2.75, 3.05) is 11.9 Å². The van der Waals surface area contributed by atoms with Crippen LogP contribution in [0.25, 0.3) is 22.5 Å². The minimum atomic E-state index is -2.76. The van der Waals surface area contributed by atoms with Crippen molar-refractivity contribution in [1.29, 1.82) is 0 Å². The fraction of sp³-hybridized carbons (Fsp3) is 0.455. The lowest BCUT2D eigenvalue weighted by Gasteiger charge is -2.48. The molecule has 2 saturated carbocycles. The van der Waals surface area contributed by atoms with Gasteiger partial charge in [0.15, 0.2) is 11.6 Å². The Morgan fingerprint density at radius 3 is 2.71 bits per heavy atom. The number of hydrogen-bond acceptors (Lipinski definition) is 6. The molecule has 7 nitrogen and oxygen atoms in total. The highest BCUT2D eigenvalue weighted by atomic mass is 19.3. The summed E-state index contributed by atoms with van der Waals surface area (Å²) in [5.41, 5.74) is 2.06. The Morgan fingerprint density at radius 1 is 1.13 bits per heavy atom. The van der Waals surface area contributed by atoms with Gasteiger partial charge in [-0.1, -0.05) is 18.9 Å². The number of alkyl halides is 2. The lowest BCUT2D eigenvalue weighted by molar-refractivity contribution is -0.128. The molecule has 2 fully saturated rings. The molecular weight excluding hydrogens is 402 g/mol. The Balaban J connectivity index is 1.37. The Kier molecular flexibility index (Phi) is 4.83. The van der Waals surface area contributed by atoms with Gasteiger partial charge in [0.05, 0.1) is 24.0 Å². The van der Waals surface area contributed by atoms with Crippen LogP contribution < -0.4 is 4.90 Å². The standard InChI is InChI=1S/C22H24F2N6O/c1-30(19-8-13-3-2-4-16(7-13)22(19,23)24)20-12-25-21(29-28-20)17-6-5-14(9-18(17)31)15-10-26-27-11-15/h5-6,9-13,16,19,31H,2-4,7-8H2,1H3,(H,26,27)/t13-,16-,19+/m0/s1. The summed E-state index contributed by atoms with van der Waals surface area (Å²) in [5.74, 6) is -2.42. The van der Waals surface area contributed by atoms with Crippen LogP contribution in [0, 0.1) is 11.8 Å². The molecule has 31 heavy (non-hydrogen) atoms. The summed E-state index contributed by atoms with van der Waals surface area (Å²) in [4.78, 5) is 5.82. The maximum Gasteiger partial charge on any atom is 0.270 e. The van der Waals surface area contributed by atoms with Gasteiger partial charge in [-0.3, -0.25) is 5.10 Å². The summed E-state index contributed by atoms with van der Waals surface area (Å²) in [6, 6.07) is 4.23. The molecule has 0 amide bonds. The van der Waals surface area contributed by atoms with Crippen LogP contribution in [0.2, 0.25) is 0 Å². The second-order valence-corrected chi connectivity index (χ2v) is 8.63. The molecule has 0 aliphatic heterocycles. The van der Waals surface area contributed by atoms with Gasteiger partial charge >= 0.3 is 0 Å². The van der Waals surface area contributed by atoms with E-state index in [1.165, 1.54) is 11.1 Å². The minimum Gasteiger partial charge on any atom is -0.507 e. The first-order chi connectivity index (χ1) is 14.9. The fourth-order valence-electron chi connectivity index (χ4n) is 5.04. The van der Waals surface area contributed by atoms with Crippen LogP contribution in [0.3, 0.4) is 0 Å². The zero-order valence-electron chi connectivity index (χ0n) is 17.2. The van der Waals surface area contributed by atoms with E-state index < -0.39 is 17.9 Å². The molecule has 0 unspecified atom stereocenters. The Morgan fingerprint density at radius 2 is 2.00 bits per heavy atom. The highest BCUT2D eigenvalue weighted by Crippen LogP contribution is 2.50. The van der Waals surface area contributed by atoms with Crippen LogP contribution in [0.5, 0.6) is 5.75 Å². The van der Waals surface area contributed by atoms with Crippen LogP contribution in [-0.4, -0.2) is 49.5 Å². The van der Waals surface area contributed by atoms with Gasteiger partial charge in [0, 0.05) is 24.7 Å². The normalized spacial score (nSPS) is 24.7. The number of H-pyrrole nitrogens is 1. The Labute approximate surface area is 178 Å². The first-order valence-electron chi connectivity index (χ1n) is 10.6. The summed E-state index contributed by atoms with van der Waals surface area (Å²) in [7, 11) is 1.64. The summed E-state index contributed by atoms with van der Waals surface area (Å²) < 4.78 is 30.2. The van der Waals surface area contributed by atoms with Gasteiger partial charge in [0.1, 0.15) is 5.75 Å². The van der Waals surface area contributed by atoms with Gasteiger partial charge in [0.2, 0.25) is 0 Å². The molecule has 2 N–H and O–H groups in total. The zero-order chi connectivity index (χ0) is 21.6. The third kappa shape index (κ3) is 3.51. The molecule has 2 heterocycles. The van der Waals surface area contributed by atoms with Crippen molar-refractivity contribution in [3.05, 3.63) is 36.8 Å². The van der Waals surface area contributed by atoms with Crippen molar-refractivity contribution in [2.24, 2.45) is 11.8 Å². The largest absolute Gasteiger partial charge is 0.507 e. The lowest BCUT2D eigenvalue weighted by atomic mass is 9.68. The number of hydrogen-bond donors (Lipinski definition) is 2. The van der Waals surface area contributed by atoms with Crippen LogP contribution >= 0.6 is 0 Å². The van der Waals surface area contributed by atoms with Crippen molar-refractivity contribution in [2.45, 2.75) is 44.1 Å². The molecule has 2 aliphatic rings. The molecular formula is C22H24F2N6O. The van der Waals surface area contributed by atoms with Gasteiger partial charge in [-0.15, -0.1) is 10.2 Å². The van der Waals surface area contributed by atoms with Crippen LogP contribution in [0.1, 0.15) is 32.1 Å². The molecule has 0 radical (unpaired) electrons. The van der Waals surface area contributed by atoms with E-state index >= 15 is 8.78 Å². The second kappa shape index (κ2) is 7.55. The number of nitrogens with zero attached hydrogens (tertiary/aromatic N) is 5. The summed E-state index contributed by atoms with van der Waals surface area (Å²) in [5, 5.41) is 25.3. The molecule has 1 aromatic carbocycles. The smallest absolute Gasteiger partial charge is 0.270 e. The number of rotatable bonds is 4. The molecule has 0 spiro atoms. The van der Waals surface area contributed by atoms with Gasteiger partial charge < -0.3 is 10.0 Å². The minimum absolute atomic E-state index is 0.00763. The van der Waals surface area contributed by atoms with Crippen molar-refractivity contribution < 1.29 is 13.9 Å². The van der Waals surface area contributed by atoms with Crippen LogP contribution in [0.15, 0.2) is 36.8 Å². The Bertz CT molecular complexity index is 1060. The van der Waals surface area contributed by atoms with Crippen LogP contribution in [0.4, 0.5) is 14.6 Å².